The number of likely N-dealkylation sites (tertiary alicyclic amines) is 2. The molecule has 6 aromatic heterocycles. The van der Waals surface area contributed by atoms with Crippen LogP contribution in [0.15, 0.2) is 204 Å². The molecule has 26 nitrogen and oxygen atoms in total. The number of amides is 4. The highest BCUT2D eigenvalue weighted by Crippen LogP contribution is 2.62. The van der Waals surface area contributed by atoms with Crippen LogP contribution in [0.5, 0.6) is 11.5 Å². The summed E-state index contributed by atoms with van der Waals surface area (Å²) in [6.07, 6.45) is 7.14. The molecule has 658 valence electrons. The normalized spacial score (nSPS) is 22.6. The van der Waals surface area contributed by atoms with Crippen LogP contribution in [0.2, 0.25) is 10.3 Å². The van der Waals surface area contributed by atoms with E-state index in [2.05, 4.69) is 90.4 Å². The summed E-state index contributed by atoms with van der Waals surface area (Å²) in [7, 11) is 3.24. The van der Waals surface area contributed by atoms with Gasteiger partial charge in [0.25, 0.3) is 0 Å². The number of pyridine rings is 2. The zero-order valence-electron chi connectivity index (χ0n) is 72.1. The van der Waals surface area contributed by atoms with Gasteiger partial charge >= 0.3 is 24.4 Å². The summed E-state index contributed by atoms with van der Waals surface area (Å²) < 4.78 is 67.0. The SMILES string of the molecule is CC1C[C@]2(C[C@@H](n3ccc4c(Cl)ncnc43)[C@@H]3OC(C)(C)O[C@@H]32)CN1C(=O)OC(C)(C)C.COc1ccc(CN(C(=O)OCc2ccccc2)c2nc3cc(C4C[C@]5(C[C@@H](n6ccc7c(Cl)ncnc76)[C@@H]6OC(C)(C)O[C@@H]65)CN4C(=O)OC(C)(C)C)ccc3cc2Br)cc1.COc1ccc(CN(C(=O)OCc2ccccc2)c2nc3cc(I)ccc3cc2Br)cc1. The molecule has 0 radical (unpaired) electrons. The van der Waals surface area contributed by atoms with Crippen LogP contribution in [0.25, 0.3) is 43.9 Å². The van der Waals surface area contributed by atoms with Gasteiger partial charge in [0.1, 0.15) is 82.4 Å². The summed E-state index contributed by atoms with van der Waals surface area (Å²) in [5.74, 6) is 0.801. The molecule has 2 aliphatic carbocycles. The van der Waals surface area contributed by atoms with E-state index in [0.717, 1.165) is 87.2 Å². The number of fused-ring (bicyclic) bond motifs is 8. The van der Waals surface area contributed by atoms with Crippen LogP contribution in [0.3, 0.4) is 0 Å². The van der Waals surface area contributed by atoms with E-state index in [1.807, 2.05) is 261 Å². The molecule has 2 spiro atoms. The Morgan fingerprint density at radius 1 is 0.516 bits per heavy atom. The number of nitrogens with zero attached hydrogens (tertiary/aromatic N) is 12. The minimum Gasteiger partial charge on any atom is -0.497 e. The minimum absolute atomic E-state index is 0.0102. The van der Waals surface area contributed by atoms with E-state index < -0.39 is 52.5 Å². The first-order valence-corrected chi connectivity index (χ1v) is 45.2. The minimum atomic E-state index is -0.859. The van der Waals surface area contributed by atoms with Crippen molar-refractivity contribution in [3.8, 4) is 11.5 Å². The maximum absolute atomic E-state index is 14.3. The predicted molar refractivity (Wildman–Crippen MR) is 495 cm³/mol. The number of rotatable bonds is 15. The molecule has 0 bridgehead atoms. The summed E-state index contributed by atoms with van der Waals surface area (Å²) >= 11 is 22.4. The maximum atomic E-state index is 14.3. The molecule has 0 N–H and O–H groups in total. The Bertz CT molecular complexity index is 6050. The van der Waals surface area contributed by atoms with Crippen molar-refractivity contribution in [2.75, 3.05) is 37.1 Å². The number of ether oxygens (including phenoxy) is 10. The molecule has 18 rings (SSSR count). The second-order valence-electron chi connectivity index (χ2n) is 35.9. The molecule has 4 aliphatic heterocycles. The number of hydrogen-bond donors (Lipinski definition) is 0. The third kappa shape index (κ3) is 19.2. The summed E-state index contributed by atoms with van der Waals surface area (Å²) in [6, 6.07) is 53.6. The molecule has 6 fully saturated rings. The monoisotopic (exact) mass is 1990 g/mol. The smallest absolute Gasteiger partial charge is 0.416 e. The highest BCUT2D eigenvalue weighted by molar-refractivity contribution is 14.1. The molecule has 2 saturated carbocycles. The fraction of sp³-hybridized carbons (Fsp3) is 0.389. The summed E-state index contributed by atoms with van der Waals surface area (Å²) in [5, 5.41) is 4.23. The van der Waals surface area contributed by atoms with E-state index in [1.54, 1.807) is 19.1 Å². The van der Waals surface area contributed by atoms with Crippen molar-refractivity contribution in [1.29, 1.82) is 0 Å². The first-order chi connectivity index (χ1) is 60.0. The Hall–Kier alpha value is -9.83. The maximum Gasteiger partial charge on any atom is 0.416 e. The van der Waals surface area contributed by atoms with Gasteiger partial charge in [0.2, 0.25) is 0 Å². The van der Waals surface area contributed by atoms with Gasteiger partial charge in [0.05, 0.1) is 88.4 Å². The van der Waals surface area contributed by atoms with Gasteiger partial charge in [-0.05, 0) is 251 Å². The predicted octanol–water partition coefficient (Wildman–Crippen LogP) is 22.1. The van der Waals surface area contributed by atoms with E-state index in [4.69, 9.17) is 80.5 Å². The van der Waals surface area contributed by atoms with Gasteiger partial charge in [0.15, 0.2) is 23.2 Å². The van der Waals surface area contributed by atoms with Crippen LogP contribution >= 0.6 is 77.7 Å². The second kappa shape index (κ2) is 36.0. The lowest BCUT2D eigenvalue weighted by Gasteiger charge is -2.32. The zero-order chi connectivity index (χ0) is 89.1. The number of carbonyl (C=O) groups is 4. The number of hydrogen-bond acceptors (Lipinski definition) is 20. The molecular weight excluding hydrogens is 1890 g/mol. The van der Waals surface area contributed by atoms with Crippen LogP contribution < -0.4 is 19.3 Å². The Labute approximate surface area is 771 Å². The average molecular weight is 1990 g/mol. The molecular formula is C95H99Br2Cl2IN12O14. The lowest BCUT2D eigenvalue weighted by Crippen LogP contribution is -2.42. The van der Waals surface area contributed by atoms with Crippen LogP contribution in [0, 0.1) is 14.4 Å². The molecule has 12 aromatic rings. The lowest BCUT2D eigenvalue weighted by molar-refractivity contribution is -0.168. The number of halogens is 5. The second-order valence-corrected chi connectivity index (χ2v) is 39.5. The first kappa shape index (κ1) is 89.6. The number of methoxy groups -OCH3 is 2. The van der Waals surface area contributed by atoms with E-state index in [1.165, 1.54) is 17.6 Å². The van der Waals surface area contributed by atoms with Gasteiger partial charge in [-0.1, -0.05) is 126 Å². The molecule has 10 heterocycles. The topological polar surface area (TPSA) is 261 Å². The number of aromatic nitrogens is 8. The highest BCUT2D eigenvalue weighted by Gasteiger charge is 2.67. The number of benzene rings is 6. The molecule has 6 aliphatic rings. The molecule has 2 unspecified atom stereocenters. The van der Waals surface area contributed by atoms with E-state index in [0.29, 0.717) is 75.8 Å². The average Bonchev–Trinajstić information content (AvgIpc) is 1.53. The number of carbonyl (C=O) groups excluding carboxylic acids is 4. The Morgan fingerprint density at radius 2 is 0.944 bits per heavy atom. The van der Waals surface area contributed by atoms with E-state index in [-0.39, 0.29) is 73.8 Å². The van der Waals surface area contributed by atoms with Crippen LogP contribution in [0.4, 0.5) is 30.8 Å². The van der Waals surface area contributed by atoms with Gasteiger partial charge < -0.3 is 66.3 Å². The van der Waals surface area contributed by atoms with Gasteiger partial charge in [0, 0.05) is 56.7 Å². The van der Waals surface area contributed by atoms with Gasteiger partial charge in [-0.2, -0.15) is 0 Å². The highest BCUT2D eigenvalue weighted by atomic mass is 127. The Balaban J connectivity index is 0.000000153. The van der Waals surface area contributed by atoms with E-state index in [9.17, 15) is 19.2 Å². The molecule has 31 heteroatoms. The molecule has 4 amide bonds. The van der Waals surface area contributed by atoms with Crippen molar-refractivity contribution in [2.24, 2.45) is 10.8 Å². The summed E-state index contributed by atoms with van der Waals surface area (Å²) in [6.45, 7) is 22.9. The van der Waals surface area contributed by atoms with Crippen molar-refractivity contribution in [3.05, 3.63) is 246 Å². The molecule has 10 atom stereocenters. The molecule has 6 aromatic carbocycles. The molecule has 126 heavy (non-hydrogen) atoms. The Morgan fingerprint density at radius 3 is 1.40 bits per heavy atom. The fourth-order valence-electron chi connectivity index (χ4n) is 18.4. The standard InChI is InChI=1S/C47H48BrClN6O7.C25H20BrIN2O3.C23H31ClN4O4/c1-45(2,3)62-44(57)55-26-47(23-37(38-39(47)61-46(4,5)60-38)53-19-18-33-40(49)50-27-51-41(33)53)22-36(55)31-15-14-30-20-34(48)42(52-35(30)21-31)54(24-28-12-16-32(58-6)17-13-28)43(56)59-25-29-10-8-7-9-11-29;1-31-21-11-7-17(8-12-21)15-29(25(30)32-16-18-5-3-2-4-6-18)24-22(26)13-19-9-10-20(27)14-23(19)28-24;1-13-9-23(11-28(13)20(29)32-21(2,3)4)10-15(16-17(23)31-22(5,6)30-16)27-8-7-14-18(24)25-12-26-19(14)27/h7-21,27,36-39H,22-26H2,1-6H3;2-14H,15-16H2,1H3;7-8,12-13,15-17H,9-11H2,1-6H3/t36?,37-,38+,39+,47+;;13?,15-,16+,17+,23+/m1.1/s1. The largest absolute Gasteiger partial charge is 0.497 e. The zero-order valence-corrected chi connectivity index (χ0v) is 79.0. The van der Waals surface area contributed by atoms with Crippen molar-refractivity contribution in [2.45, 2.75) is 200 Å². The van der Waals surface area contributed by atoms with Gasteiger partial charge in [-0.25, -0.2) is 49.1 Å². The van der Waals surface area contributed by atoms with E-state index >= 15 is 0 Å². The fourth-order valence-corrected chi connectivity index (χ4v) is 20.3. The lowest BCUT2D eigenvalue weighted by atomic mass is 9.80. The van der Waals surface area contributed by atoms with Crippen molar-refractivity contribution in [3.63, 3.8) is 0 Å². The first-order valence-electron chi connectivity index (χ1n) is 41.8. The third-order valence-corrected chi connectivity index (χ3v) is 26.2. The van der Waals surface area contributed by atoms with Crippen LogP contribution in [0.1, 0.15) is 148 Å². The third-order valence-electron chi connectivity index (χ3n) is 23.8. The molecule has 4 saturated heterocycles. The van der Waals surface area contributed by atoms with Crippen molar-refractivity contribution < 1.29 is 66.5 Å². The number of anilines is 2. The van der Waals surface area contributed by atoms with Crippen molar-refractivity contribution in [1.82, 2.24) is 48.8 Å². The quantitative estimate of drug-likeness (QED) is 0.0524. The summed E-state index contributed by atoms with van der Waals surface area (Å²) in [5.41, 5.74) is 5.37. The van der Waals surface area contributed by atoms with Gasteiger partial charge in [-0.3, -0.25) is 9.80 Å². The van der Waals surface area contributed by atoms with Crippen molar-refractivity contribution >= 4 is 158 Å². The van der Waals surface area contributed by atoms with Crippen LogP contribution in [-0.2, 0) is 64.2 Å². The Kier molecular flexibility index (Phi) is 25.6. The van der Waals surface area contributed by atoms with Crippen LogP contribution in [-0.4, -0.2) is 154 Å². The summed E-state index contributed by atoms with van der Waals surface area (Å²) in [4.78, 5) is 88.6. The van der Waals surface area contributed by atoms with Gasteiger partial charge in [-0.15, -0.1) is 0 Å².